The molecule has 1 amide bonds. The van der Waals surface area contributed by atoms with Gasteiger partial charge in [0.05, 0.1) is 0 Å². The first kappa shape index (κ1) is 11.4. The van der Waals surface area contributed by atoms with Gasteiger partial charge in [0, 0.05) is 17.3 Å². The van der Waals surface area contributed by atoms with E-state index in [1.807, 2.05) is 6.92 Å². The summed E-state index contributed by atoms with van der Waals surface area (Å²) in [5.74, 6) is 0.579. The van der Waals surface area contributed by atoms with Crippen molar-refractivity contribution in [3.8, 4) is 0 Å². The molecule has 2 unspecified atom stereocenters. The third-order valence-electron chi connectivity index (χ3n) is 3.89. The predicted molar refractivity (Wildman–Crippen MR) is 65.0 cm³/mol. The standard InChI is InChI=1S/C12H20BrNO/c1-9(8-13)14-11(15)10-3-2-4-12(7-10)5-6-12/h9-10H,2-8H2,1H3,(H,14,15). The number of rotatable bonds is 3. The molecule has 2 aliphatic rings. The molecule has 0 aliphatic heterocycles. The Morgan fingerprint density at radius 2 is 2.27 bits per heavy atom. The lowest BCUT2D eigenvalue weighted by Gasteiger charge is -2.29. The first-order valence-corrected chi connectivity index (χ1v) is 7.14. The maximum absolute atomic E-state index is 12.0. The number of carbonyl (C=O) groups excluding carboxylic acids is 1. The molecule has 2 atom stereocenters. The van der Waals surface area contributed by atoms with Gasteiger partial charge in [-0.3, -0.25) is 4.79 Å². The molecule has 0 bridgehead atoms. The van der Waals surface area contributed by atoms with Gasteiger partial charge >= 0.3 is 0 Å². The van der Waals surface area contributed by atoms with Gasteiger partial charge in [0.15, 0.2) is 0 Å². The third-order valence-corrected chi connectivity index (χ3v) is 4.86. The minimum atomic E-state index is 0.259. The van der Waals surface area contributed by atoms with E-state index in [4.69, 9.17) is 0 Å². The Morgan fingerprint density at radius 3 is 2.87 bits per heavy atom. The Labute approximate surface area is 100 Å². The molecule has 3 heteroatoms. The van der Waals surface area contributed by atoms with Crippen LogP contribution in [0.1, 0.15) is 45.4 Å². The van der Waals surface area contributed by atoms with Gasteiger partial charge in [0.2, 0.25) is 5.91 Å². The van der Waals surface area contributed by atoms with Crippen LogP contribution in [-0.2, 0) is 4.79 Å². The van der Waals surface area contributed by atoms with E-state index in [1.54, 1.807) is 0 Å². The van der Waals surface area contributed by atoms with Gasteiger partial charge in [-0.1, -0.05) is 22.4 Å². The van der Waals surface area contributed by atoms with Gasteiger partial charge in [0.1, 0.15) is 0 Å². The Bertz CT molecular complexity index is 250. The molecule has 0 aromatic heterocycles. The molecule has 2 aliphatic carbocycles. The van der Waals surface area contributed by atoms with E-state index in [1.165, 1.54) is 25.7 Å². The molecule has 0 saturated heterocycles. The van der Waals surface area contributed by atoms with Crippen molar-refractivity contribution < 1.29 is 4.79 Å². The van der Waals surface area contributed by atoms with Crippen LogP contribution in [0, 0.1) is 11.3 Å². The van der Waals surface area contributed by atoms with E-state index >= 15 is 0 Å². The molecule has 2 nitrogen and oxygen atoms in total. The van der Waals surface area contributed by atoms with Crippen molar-refractivity contribution in [2.75, 3.05) is 5.33 Å². The van der Waals surface area contributed by atoms with Crippen LogP contribution in [0.2, 0.25) is 0 Å². The van der Waals surface area contributed by atoms with Gasteiger partial charge in [-0.25, -0.2) is 0 Å². The second kappa shape index (κ2) is 4.44. The summed E-state index contributed by atoms with van der Waals surface area (Å²) in [4.78, 5) is 12.0. The van der Waals surface area contributed by atoms with Crippen LogP contribution >= 0.6 is 15.9 Å². The Kier molecular flexibility index (Phi) is 3.39. The number of halogens is 1. The fraction of sp³-hybridized carbons (Fsp3) is 0.917. The lowest BCUT2D eigenvalue weighted by molar-refractivity contribution is -0.127. The summed E-state index contributed by atoms with van der Waals surface area (Å²) in [6, 6.07) is 0.259. The molecule has 1 spiro atoms. The van der Waals surface area contributed by atoms with Crippen molar-refractivity contribution in [1.82, 2.24) is 5.32 Å². The zero-order valence-electron chi connectivity index (χ0n) is 9.39. The zero-order chi connectivity index (χ0) is 10.9. The van der Waals surface area contributed by atoms with E-state index in [-0.39, 0.29) is 11.9 Å². The summed E-state index contributed by atoms with van der Waals surface area (Å²) in [6.07, 6.45) is 7.59. The number of alkyl halides is 1. The molecule has 2 saturated carbocycles. The van der Waals surface area contributed by atoms with Crippen molar-refractivity contribution in [1.29, 1.82) is 0 Å². The number of nitrogens with one attached hydrogen (secondary N) is 1. The van der Waals surface area contributed by atoms with E-state index in [2.05, 4.69) is 21.2 Å². The zero-order valence-corrected chi connectivity index (χ0v) is 11.0. The van der Waals surface area contributed by atoms with E-state index < -0.39 is 0 Å². The first-order valence-electron chi connectivity index (χ1n) is 6.02. The van der Waals surface area contributed by atoms with Crippen molar-refractivity contribution in [2.45, 2.75) is 51.5 Å². The molecule has 0 aromatic carbocycles. The van der Waals surface area contributed by atoms with Gasteiger partial charge in [0.25, 0.3) is 0 Å². The lowest BCUT2D eigenvalue weighted by Crippen LogP contribution is -2.40. The Morgan fingerprint density at radius 1 is 1.53 bits per heavy atom. The maximum Gasteiger partial charge on any atom is 0.223 e. The number of hydrogen-bond donors (Lipinski definition) is 1. The van der Waals surface area contributed by atoms with Crippen molar-refractivity contribution in [3.05, 3.63) is 0 Å². The second-order valence-corrected chi connectivity index (χ2v) is 6.00. The minimum absolute atomic E-state index is 0.259. The minimum Gasteiger partial charge on any atom is -0.353 e. The van der Waals surface area contributed by atoms with Gasteiger partial charge in [-0.2, -0.15) is 0 Å². The van der Waals surface area contributed by atoms with Crippen LogP contribution in [0.15, 0.2) is 0 Å². The molecule has 0 heterocycles. The molecular weight excluding hydrogens is 254 g/mol. The summed E-state index contributed by atoms with van der Waals surface area (Å²) in [7, 11) is 0. The molecule has 2 fully saturated rings. The average molecular weight is 274 g/mol. The highest BCUT2D eigenvalue weighted by Crippen LogP contribution is 2.57. The summed E-state index contributed by atoms with van der Waals surface area (Å²) in [5, 5.41) is 3.92. The van der Waals surface area contributed by atoms with Gasteiger partial charge < -0.3 is 5.32 Å². The second-order valence-electron chi connectivity index (χ2n) is 5.36. The van der Waals surface area contributed by atoms with Crippen LogP contribution in [0.3, 0.4) is 0 Å². The summed E-state index contributed by atoms with van der Waals surface area (Å²) < 4.78 is 0. The van der Waals surface area contributed by atoms with E-state index in [0.29, 0.717) is 11.3 Å². The van der Waals surface area contributed by atoms with Crippen LogP contribution in [0.4, 0.5) is 0 Å². The monoisotopic (exact) mass is 273 g/mol. The van der Waals surface area contributed by atoms with Crippen LogP contribution in [0.25, 0.3) is 0 Å². The van der Waals surface area contributed by atoms with Crippen LogP contribution in [-0.4, -0.2) is 17.3 Å². The largest absolute Gasteiger partial charge is 0.353 e. The number of hydrogen-bond acceptors (Lipinski definition) is 1. The molecule has 15 heavy (non-hydrogen) atoms. The fourth-order valence-electron chi connectivity index (χ4n) is 2.70. The third kappa shape index (κ3) is 2.74. The molecule has 0 aromatic rings. The average Bonchev–Trinajstić information content (AvgIpc) is 2.97. The van der Waals surface area contributed by atoms with Crippen molar-refractivity contribution >= 4 is 21.8 Å². The fourth-order valence-corrected chi connectivity index (χ4v) is 2.87. The van der Waals surface area contributed by atoms with Crippen LogP contribution < -0.4 is 5.32 Å². The smallest absolute Gasteiger partial charge is 0.223 e. The highest BCUT2D eigenvalue weighted by molar-refractivity contribution is 9.09. The maximum atomic E-state index is 12.0. The topological polar surface area (TPSA) is 29.1 Å². The predicted octanol–water partition coefficient (Wildman–Crippen LogP) is 2.86. The van der Waals surface area contributed by atoms with Crippen molar-refractivity contribution in [3.63, 3.8) is 0 Å². The van der Waals surface area contributed by atoms with Gasteiger partial charge in [-0.05, 0) is 44.4 Å². The first-order chi connectivity index (χ1) is 7.15. The van der Waals surface area contributed by atoms with E-state index in [9.17, 15) is 4.79 Å². The van der Waals surface area contributed by atoms with Crippen molar-refractivity contribution in [2.24, 2.45) is 11.3 Å². The SMILES string of the molecule is CC(CBr)NC(=O)C1CCCC2(CC2)C1. The van der Waals surface area contributed by atoms with E-state index in [0.717, 1.165) is 18.2 Å². The Balaban J connectivity index is 1.84. The molecule has 1 N–H and O–H groups in total. The highest BCUT2D eigenvalue weighted by Gasteiger charge is 2.47. The molecular formula is C12H20BrNO. The summed E-state index contributed by atoms with van der Waals surface area (Å²) in [5.41, 5.74) is 0.595. The molecule has 86 valence electrons. The van der Waals surface area contributed by atoms with Gasteiger partial charge in [-0.15, -0.1) is 0 Å². The lowest BCUT2D eigenvalue weighted by atomic mass is 9.78. The summed E-state index contributed by atoms with van der Waals surface area (Å²) in [6.45, 7) is 2.04. The quantitative estimate of drug-likeness (QED) is 0.788. The number of amides is 1. The molecule has 0 radical (unpaired) electrons. The normalized spacial score (nSPS) is 29.9. The number of carbonyl (C=O) groups is 1. The van der Waals surface area contributed by atoms with Crippen LogP contribution in [0.5, 0.6) is 0 Å². The molecule has 2 rings (SSSR count). The Hall–Kier alpha value is -0.0500. The summed E-state index contributed by atoms with van der Waals surface area (Å²) >= 11 is 3.39. The highest BCUT2D eigenvalue weighted by atomic mass is 79.9.